The third kappa shape index (κ3) is 2.72. The highest BCUT2D eigenvalue weighted by molar-refractivity contribution is 6.09. The molecule has 0 unspecified atom stereocenters. The van der Waals surface area contributed by atoms with Crippen LogP contribution in [-0.2, 0) is 6.42 Å². The summed E-state index contributed by atoms with van der Waals surface area (Å²) < 4.78 is 5.48. The fourth-order valence-electron chi connectivity index (χ4n) is 3.45. The molecule has 3 nitrogen and oxygen atoms in total. The molecule has 0 radical (unpaired) electrons. The van der Waals surface area contributed by atoms with Crippen molar-refractivity contribution in [3.8, 4) is 0 Å². The van der Waals surface area contributed by atoms with E-state index < -0.39 is 0 Å². The van der Waals surface area contributed by atoms with Gasteiger partial charge >= 0.3 is 5.63 Å². The molecule has 0 N–H and O–H groups in total. The first kappa shape index (κ1) is 15.0. The molecule has 1 aromatic carbocycles. The molecule has 3 heteroatoms. The summed E-state index contributed by atoms with van der Waals surface area (Å²) in [4.78, 5) is 24.8. The van der Waals surface area contributed by atoms with Crippen molar-refractivity contribution in [2.45, 2.75) is 52.4 Å². The normalized spacial score (nSPS) is 17.7. The highest BCUT2D eigenvalue weighted by atomic mass is 16.4. The predicted octanol–water partition coefficient (Wildman–Crippen LogP) is 4.43. The van der Waals surface area contributed by atoms with Gasteiger partial charge in [0, 0.05) is 18.2 Å². The maximum Gasteiger partial charge on any atom is 0.343 e. The number of ketones is 1. The van der Waals surface area contributed by atoms with Crippen molar-refractivity contribution in [2.24, 2.45) is 5.92 Å². The maximum absolute atomic E-state index is 12.6. The van der Waals surface area contributed by atoms with Gasteiger partial charge in [0.25, 0.3) is 0 Å². The van der Waals surface area contributed by atoms with Gasteiger partial charge < -0.3 is 4.42 Å². The standard InChI is InChI=1S/C19H22O3/c1-3-4-5-6-13-10-16(20)18-15-9-12(2)7-8-14(15)19(21)22-17(18)11-13/h7-9,13H,3-6,10-11H2,1-2H3/t13-/m0/s1. The van der Waals surface area contributed by atoms with Crippen molar-refractivity contribution < 1.29 is 9.21 Å². The van der Waals surface area contributed by atoms with Crippen molar-refractivity contribution >= 4 is 16.6 Å². The summed E-state index contributed by atoms with van der Waals surface area (Å²) in [5.74, 6) is 1.04. The third-order valence-corrected chi connectivity index (χ3v) is 4.60. The second-order valence-electron chi connectivity index (χ2n) is 6.43. The number of hydrogen-bond acceptors (Lipinski definition) is 3. The summed E-state index contributed by atoms with van der Waals surface area (Å²) in [7, 11) is 0. The fourth-order valence-corrected chi connectivity index (χ4v) is 3.45. The molecule has 0 aliphatic heterocycles. The lowest BCUT2D eigenvalue weighted by atomic mass is 9.82. The molecule has 0 amide bonds. The Balaban J connectivity index is 2.02. The average Bonchev–Trinajstić information content (AvgIpc) is 2.46. The quantitative estimate of drug-likeness (QED) is 0.785. The monoisotopic (exact) mass is 298 g/mol. The van der Waals surface area contributed by atoms with E-state index in [1.54, 1.807) is 6.07 Å². The lowest BCUT2D eigenvalue weighted by Gasteiger charge is -2.23. The number of fused-ring (bicyclic) bond motifs is 3. The Morgan fingerprint density at radius 2 is 1.95 bits per heavy atom. The number of carbonyl (C=O) groups excluding carboxylic acids is 1. The molecule has 22 heavy (non-hydrogen) atoms. The molecule has 0 fully saturated rings. The van der Waals surface area contributed by atoms with E-state index in [1.165, 1.54) is 12.8 Å². The van der Waals surface area contributed by atoms with Gasteiger partial charge in [-0.25, -0.2) is 4.79 Å². The number of hydrogen-bond donors (Lipinski definition) is 0. The van der Waals surface area contributed by atoms with Gasteiger partial charge in [-0.15, -0.1) is 0 Å². The lowest BCUT2D eigenvalue weighted by Crippen LogP contribution is -2.23. The van der Waals surface area contributed by atoms with Crippen LogP contribution in [0.25, 0.3) is 10.8 Å². The number of unbranched alkanes of at least 4 members (excludes halogenated alkanes) is 2. The first-order valence-electron chi connectivity index (χ1n) is 8.19. The van der Waals surface area contributed by atoms with Gasteiger partial charge in [-0.3, -0.25) is 4.79 Å². The van der Waals surface area contributed by atoms with Crippen LogP contribution in [0.2, 0.25) is 0 Å². The van der Waals surface area contributed by atoms with Gasteiger partial charge in [0.2, 0.25) is 0 Å². The summed E-state index contributed by atoms with van der Waals surface area (Å²) in [5.41, 5.74) is 1.37. The minimum absolute atomic E-state index is 0.127. The van der Waals surface area contributed by atoms with E-state index in [2.05, 4.69) is 6.92 Å². The number of aryl methyl sites for hydroxylation is 1. The van der Waals surface area contributed by atoms with Crippen LogP contribution in [-0.4, -0.2) is 5.78 Å². The Hall–Kier alpha value is -1.90. The summed E-state index contributed by atoms with van der Waals surface area (Å²) in [5, 5.41) is 1.28. The fraction of sp³-hybridized carbons (Fsp3) is 0.474. The van der Waals surface area contributed by atoms with E-state index in [0.717, 1.165) is 23.8 Å². The Kier molecular flexibility index (Phi) is 4.14. The van der Waals surface area contributed by atoms with Gasteiger partial charge in [-0.1, -0.05) is 43.9 Å². The SMILES string of the molecule is CCCCC[C@H]1CC(=O)c2c(oc(=O)c3ccc(C)cc23)C1. The Labute approximate surface area is 130 Å². The van der Waals surface area contributed by atoms with Crippen LogP contribution in [0.1, 0.15) is 60.7 Å². The zero-order valence-corrected chi connectivity index (χ0v) is 13.3. The molecule has 116 valence electrons. The zero-order chi connectivity index (χ0) is 15.7. The molecule has 0 saturated heterocycles. The molecule has 0 spiro atoms. The van der Waals surface area contributed by atoms with Gasteiger partial charge in [0.15, 0.2) is 5.78 Å². The molecule has 0 saturated carbocycles. The molecular weight excluding hydrogens is 276 g/mol. The van der Waals surface area contributed by atoms with Crippen LogP contribution in [0.3, 0.4) is 0 Å². The number of carbonyl (C=O) groups is 1. The first-order valence-corrected chi connectivity index (χ1v) is 8.19. The van der Waals surface area contributed by atoms with Crippen molar-refractivity contribution in [3.63, 3.8) is 0 Å². The highest BCUT2D eigenvalue weighted by Crippen LogP contribution is 2.32. The summed E-state index contributed by atoms with van der Waals surface area (Å²) >= 11 is 0. The van der Waals surface area contributed by atoms with Crippen molar-refractivity contribution in [1.29, 1.82) is 0 Å². The predicted molar refractivity (Wildman–Crippen MR) is 87.5 cm³/mol. The molecule has 1 heterocycles. The minimum Gasteiger partial charge on any atom is -0.427 e. The van der Waals surface area contributed by atoms with Gasteiger partial charge in [0.1, 0.15) is 5.76 Å². The van der Waals surface area contributed by atoms with E-state index in [4.69, 9.17) is 4.42 Å². The lowest BCUT2D eigenvalue weighted by molar-refractivity contribution is 0.0938. The molecule has 1 aliphatic carbocycles. The highest BCUT2D eigenvalue weighted by Gasteiger charge is 2.29. The Bertz CT molecular complexity index is 770. The molecular formula is C19H22O3. The molecule has 1 atom stereocenters. The van der Waals surface area contributed by atoms with E-state index in [0.29, 0.717) is 35.5 Å². The molecule has 3 rings (SSSR count). The Morgan fingerprint density at radius 3 is 2.73 bits per heavy atom. The van der Waals surface area contributed by atoms with Gasteiger partial charge in [-0.2, -0.15) is 0 Å². The second-order valence-corrected chi connectivity index (χ2v) is 6.43. The van der Waals surface area contributed by atoms with Crippen LogP contribution in [0.5, 0.6) is 0 Å². The molecule has 1 aliphatic rings. The van der Waals surface area contributed by atoms with Crippen LogP contribution in [0, 0.1) is 12.8 Å². The Morgan fingerprint density at radius 1 is 1.14 bits per heavy atom. The van der Waals surface area contributed by atoms with Crippen molar-refractivity contribution in [2.75, 3.05) is 0 Å². The largest absolute Gasteiger partial charge is 0.427 e. The summed E-state index contributed by atoms with van der Waals surface area (Å²) in [6.07, 6.45) is 5.83. The second kappa shape index (κ2) is 6.07. The minimum atomic E-state index is -0.323. The van der Waals surface area contributed by atoms with Crippen LogP contribution >= 0.6 is 0 Å². The van der Waals surface area contributed by atoms with E-state index in [1.807, 2.05) is 19.1 Å². The number of rotatable bonds is 4. The van der Waals surface area contributed by atoms with E-state index >= 15 is 0 Å². The van der Waals surface area contributed by atoms with E-state index in [-0.39, 0.29) is 11.4 Å². The van der Waals surface area contributed by atoms with E-state index in [9.17, 15) is 9.59 Å². The van der Waals surface area contributed by atoms with Crippen molar-refractivity contribution in [3.05, 3.63) is 45.5 Å². The zero-order valence-electron chi connectivity index (χ0n) is 13.3. The molecule has 1 aromatic heterocycles. The topological polar surface area (TPSA) is 47.3 Å². The smallest absolute Gasteiger partial charge is 0.343 e. The molecule has 0 bridgehead atoms. The van der Waals surface area contributed by atoms with Gasteiger partial charge in [-0.05, 0) is 25.3 Å². The maximum atomic E-state index is 12.6. The molecule has 2 aromatic rings. The average molecular weight is 298 g/mol. The van der Waals surface area contributed by atoms with Crippen LogP contribution in [0.4, 0.5) is 0 Å². The van der Waals surface area contributed by atoms with Crippen LogP contribution < -0.4 is 5.63 Å². The van der Waals surface area contributed by atoms with Crippen LogP contribution in [0.15, 0.2) is 27.4 Å². The first-order chi connectivity index (χ1) is 10.6. The number of benzene rings is 1. The van der Waals surface area contributed by atoms with Gasteiger partial charge in [0.05, 0.1) is 10.9 Å². The van der Waals surface area contributed by atoms with Crippen molar-refractivity contribution in [1.82, 2.24) is 0 Å². The number of Topliss-reactive ketones (excluding diaryl/α,β-unsaturated/α-hetero) is 1. The summed E-state index contributed by atoms with van der Waals surface area (Å²) in [6, 6.07) is 5.57. The third-order valence-electron chi connectivity index (χ3n) is 4.60. The summed E-state index contributed by atoms with van der Waals surface area (Å²) in [6.45, 7) is 4.15.